The second kappa shape index (κ2) is 5.18. The van der Waals surface area contributed by atoms with E-state index in [9.17, 15) is 9.59 Å². The molecule has 1 aromatic heterocycles. The van der Waals surface area contributed by atoms with Crippen molar-refractivity contribution >= 4 is 22.5 Å². The summed E-state index contributed by atoms with van der Waals surface area (Å²) in [6.45, 7) is 3.19. The number of carbonyl (C=O) groups is 2. The number of carboxylic acid groups (broad SMARTS) is 1. The van der Waals surface area contributed by atoms with Crippen LogP contribution >= 0.6 is 0 Å². The zero-order chi connectivity index (χ0) is 14.0. The molecule has 0 saturated carbocycles. The molecule has 1 aromatic carbocycles. The quantitative estimate of drug-likeness (QED) is 0.855. The first-order chi connectivity index (χ1) is 9.02. The molecule has 1 N–H and O–H groups in total. The Bertz CT molecular complexity index is 631. The van der Waals surface area contributed by atoms with Crippen molar-refractivity contribution in [2.75, 3.05) is 0 Å². The number of hydrogen-bond acceptors (Lipinski definition) is 3. The molecule has 0 amide bonds. The molecule has 0 radical (unpaired) electrons. The van der Waals surface area contributed by atoms with Gasteiger partial charge < -0.3 is 5.11 Å². The molecule has 0 aliphatic rings. The van der Waals surface area contributed by atoms with Crippen LogP contribution in [0.25, 0.3) is 10.8 Å². The first kappa shape index (κ1) is 13.2. The van der Waals surface area contributed by atoms with Gasteiger partial charge in [-0.05, 0) is 5.39 Å². The summed E-state index contributed by atoms with van der Waals surface area (Å²) in [4.78, 5) is 27.4. The molecule has 4 heteroatoms. The largest absolute Gasteiger partial charge is 0.481 e. The van der Waals surface area contributed by atoms with Gasteiger partial charge in [0.2, 0.25) is 0 Å². The van der Waals surface area contributed by atoms with Gasteiger partial charge in [0.15, 0.2) is 5.78 Å². The van der Waals surface area contributed by atoms with Gasteiger partial charge >= 0.3 is 5.97 Å². The highest BCUT2D eigenvalue weighted by Gasteiger charge is 2.27. The minimum Gasteiger partial charge on any atom is -0.481 e. The van der Waals surface area contributed by atoms with Gasteiger partial charge in [0.05, 0.1) is 5.92 Å². The third-order valence-electron chi connectivity index (χ3n) is 3.49. The zero-order valence-electron chi connectivity index (χ0n) is 10.8. The molecule has 1 heterocycles. The van der Waals surface area contributed by atoms with Crippen molar-refractivity contribution in [3.63, 3.8) is 0 Å². The highest BCUT2D eigenvalue weighted by atomic mass is 16.4. The van der Waals surface area contributed by atoms with E-state index in [1.54, 1.807) is 20.0 Å². The summed E-state index contributed by atoms with van der Waals surface area (Å²) in [6.07, 6.45) is 3.20. The minimum absolute atomic E-state index is 0.181. The molecule has 4 nitrogen and oxygen atoms in total. The van der Waals surface area contributed by atoms with Crippen molar-refractivity contribution in [3.8, 4) is 0 Å². The Morgan fingerprint density at radius 1 is 1.11 bits per heavy atom. The van der Waals surface area contributed by atoms with Crippen molar-refractivity contribution in [1.82, 2.24) is 4.98 Å². The number of aromatic nitrogens is 1. The fourth-order valence-electron chi connectivity index (χ4n) is 2.00. The average Bonchev–Trinajstić information content (AvgIpc) is 2.44. The SMILES string of the molecule is CC(C(=O)O)C(C)C(=O)c1cncc2ccccc12. The lowest BCUT2D eigenvalue weighted by atomic mass is 9.87. The Labute approximate surface area is 111 Å². The molecule has 0 aliphatic carbocycles. The Balaban J connectivity index is 2.44. The highest BCUT2D eigenvalue weighted by molar-refractivity contribution is 6.09. The summed E-state index contributed by atoms with van der Waals surface area (Å²) >= 11 is 0. The number of carboxylic acids is 1. The van der Waals surface area contributed by atoms with Crippen molar-refractivity contribution in [2.45, 2.75) is 13.8 Å². The number of hydrogen-bond donors (Lipinski definition) is 1. The summed E-state index contributed by atoms with van der Waals surface area (Å²) in [5.74, 6) is -2.44. The van der Waals surface area contributed by atoms with E-state index in [4.69, 9.17) is 5.11 Å². The predicted molar refractivity (Wildman–Crippen MR) is 72.0 cm³/mol. The van der Waals surface area contributed by atoms with Crippen LogP contribution in [0.2, 0.25) is 0 Å². The van der Waals surface area contributed by atoms with Crippen LogP contribution in [0.3, 0.4) is 0 Å². The number of Topliss-reactive ketones (excluding diaryl/α,β-unsaturated/α-hetero) is 1. The molecule has 98 valence electrons. The molecule has 2 atom stereocenters. The number of aliphatic carboxylic acids is 1. The Hall–Kier alpha value is -2.23. The number of rotatable bonds is 4. The van der Waals surface area contributed by atoms with Crippen LogP contribution in [-0.2, 0) is 4.79 Å². The average molecular weight is 257 g/mol. The van der Waals surface area contributed by atoms with Gasteiger partial charge in [-0.25, -0.2) is 0 Å². The molecule has 0 bridgehead atoms. The van der Waals surface area contributed by atoms with E-state index >= 15 is 0 Å². The smallest absolute Gasteiger partial charge is 0.306 e. The number of benzene rings is 1. The van der Waals surface area contributed by atoms with E-state index in [2.05, 4.69) is 4.98 Å². The first-order valence-corrected chi connectivity index (χ1v) is 6.12. The van der Waals surface area contributed by atoms with Crippen LogP contribution in [0.5, 0.6) is 0 Å². The van der Waals surface area contributed by atoms with Crippen LogP contribution in [0.1, 0.15) is 24.2 Å². The standard InChI is InChI=1S/C15H15NO3/c1-9(10(2)15(18)19)14(17)13-8-16-7-11-5-3-4-6-12(11)13/h3-10H,1-2H3,(H,18,19). The molecule has 2 aromatic rings. The lowest BCUT2D eigenvalue weighted by molar-refractivity contribution is -0.142. The molecule has 0 fully saturated rings. The third-order valence-corrected chi connectivity index (χ3v) is 3.49. The van der Waals surface area contributed by atoms with E-state index < -0.39 is 17.8 Å². The molecular formula is C15H15NO3. The summed E-state index contributed by atoms with van der Waals surface area (Å²) in [6, 6.07) is 7.46. The van der Waals surface area contributed by atoms with Crippen LogP contribution in [0.4, 0.5) is 0 Å². The summed E-state index contributed by atoms with van der Waals surface area (Å²) in [7, 11) is 0. The topological polar surface area (TPSA) is 67.3 Å². The van der Waals surface area contributed by atoms with E-state index in [-0.39, 0.29) is 5.78 Å². The van der Waals surface area contributed by atoms with Gasteiger partial charge in [0.1, 0.15) is 0 Å². The maximum atomic E-state index is 12.4. The Kier molecular flexibility index (Phi) is 3.60. The van der Waals surface area contributed by atoms with E-state index in [0.717, 1.165) is 10.8 Å². The molecular weight excluding hydrogens is 242 g/mol. The van der Waals surface area contributed by atoms with Crippen LogP contribution in [-0.4, -0.2) is 21.8 Å². The number of carbonyl (C=O) groups excluding carboxylic acids is 1. The molecule has 0 saturated heterocycles. The van der Waals surface area contributed by atoms with Crippen molar-refractivity contribution in [3.05, 3.63) is 42.2 Å². The van der Waals surface area contributed by atoms with Crippen LogP contribution in [0, 0.1) is 11.8 Å². The van der Waals surface area contributed by atoms with Crippen LogP contribution in [0.15, 0.2) is 36.7 Å². The summed E-state index contributed by atoms with van der Waals surface area (Å²) < 4.78 is 0. The van der Waals surface area contributed by atoms with E-state index in [1.807, 2.05) is 24.3 Å². The first-order valence-electron chi connectivity index (χ1n) is 6.12. The van der Waals surface area contributed by atoms with E-state index in [0.29, 0.717) is 5.56 Å². The fraction of sp³-hybridized carbons (Fsp3) is 0.267. The van der Waals surface area contributed by atoms with Gasteiger partial charge in [-0.15, -0.1) is 0 Å². The maximum absolute atomic E-state index is 12.4. The Morgan fingerprint density at radius 2 is 1.79 bits per heavy atom. The monoisotopic (exact) mass is 257 g/mol. The van der Waals surface area contributed by atoms with Gasteiger partial charge in [-0.2, -0.15) is 0 Å². The van der Waals surface area contributed by atoms with Gasteiger partial charge in [-0.1, -0.05) is 38.1 Å². The maximum Gasteiger partial charge on any atom is 0.306 e. The highest BCUT2D eigenvalue weighted by Crippen LogP contribution is 2.23. The molecule has 19 heavy (non-hydrogen) atoms. The molecule has 2 rings (SSSR count). The molecule has 0 aliphatic heterocycles. The zero-order valence-corrected chi connectivity index (χ0v) is 10.8. The summed E-state index contributed by atoms with van der Waals surface area (Å²) in [5.41, 5.74) is 0.485. The van der Waals surface area contributed by atoms with Crippen molar-refractivity contribution < 1.29 is 14.7 Å². The van der Waals surface area contributed by atoms with Gasteiger partial charge in [-0.3, -0.25) is 14.6 Å². The van der Waals surface area contributed by atoms with E-state index in [1.165, 1.54) is 6.20 Å². The van der Waals surface area contributed by atoms with Crippen molar-refractivity contribution in [1.29, 1.82) is 0 Å². The third kappa shape index (κ3) is 2.47. The number of fused-ring (bicyclic) bond motifs is 1. The fourth-order valence-corrected chi connectivity index (χ4v) is 2.00. The van der Waals surface area contributed by atoms with Gasteiger partial charge in [0, 0.05) is 29.3 Å². The predicted octanol–water partition coefficient (Wildman–Crippen LogP) is 2.77. The van der Waals surface area contributed by atoms with Crippen molar-refractivity contribution in [2.24, 2.45) is 11.8 Å². The number of nitrogens with zero attached hydrogens (tertiary/aromatic N) is 1. The second-order valence-corrected chi connectivity index (χ2v) is 4.69. The summed E-state index contributed by atoms with van der Waals surface area (Å²) in [5, 5.41) is 10.7. The lowest BCUT2D eigenvalue weighted by Crippen LogP contribution is -2.25. The minimum atomic E-state index is -0.964. The molecule has 0 spiro atoms. The lowest BCUT2D eigenvalue weighted by Gasteiger charge is -2.15. The van der Waals surface area contributed by atoms with Crippen LogP contribution < -0.4 is 0 Å². The normalized spacial score (nSPS) is 14.0. The second-order valence-electron chi connectivity index (χ2n) is 4.69. The number of pyridine rings is 1. The Morgan fingerprint density at radius 3 is 2.47 bits per heavy atom. The van der Waals surface area contributed by atoms with Gasteiger partial charge in [0.25, 0.3) is 0 Å². The molecule has 2 unspecified atom stereocenters. The number of ketones is 1.